The van der Waals surface area contributed by atoms with Gasteiger partial charge in [-0.3, -0.25) is 0 Å². The SMILES string of the molecule is Cc1csc(=Nc2ccc(F)cc2F)n1N=Cc1cn(-c2ccccc2)nc1-c1cc2ccccc2oc1=O. The molecule has 0 unspecified atom stereocenters. The van der Waals surface area contributed by atoms with E-state index in [9.17, 15) is 13.6 Å². The molecule has 0 N–H and O–H groups in total. The summed E-state index contributed by atoms with van der Waals surface area (Å²) in [6.45, 7) is 1.83. The zero-order chi connectivity index (χ0) is 26.9. The van der Waals surface area contributed by atoms with Crippen LogP contribution in [-0.4, -0.2) is 20.7 Å². The summed E-state index contributed by atoms with van der Waals surface area (Å²) >= 11 is 1.26. The fraction of sp³-hybridized carbons (Fsp3) is 0.0345. The molecule has 0 radical (unpaired) electrons. The molecule has 39 heavy (non-hydrogen) atoms. The maximum Gasteiger partial charge on any atom is 0.345 e. The van der Waals surface area contributed by atoms with Gasteiger partial charge < -0.3 is 4.42 Å². The Morgan fingerprint density at radius 2 is 1.79 bits per heavy atom. The van der Waals surface area contributed by atoms with Crippen LogP contribution in [0.15, 0.2) is 110 Å². The van der Waals surface area contributed by atoms with Gasteiger partial charge in [-0.1, -0.05) is 36.4 Å². The van der Waals surface area contributed by atoms with Gasteiger partial charge in [-0.25, -0.2) is 27.9 Å². The Hall–Kier alpha value is -4.96. The number of rotatable bonds is 5. The molecule has 0 saturated heterocycles. The van der Waals surface area contributed by atoms with Crippen LogP contribution < -0.4 is 10.4 Å². The molecule has 0 aliphatic heterocycles. The number of aromatic nitrogens is 3. The number of thiazole rings is 1. The average molecular weight is 540 g/mol. The Morgan fingerprint density at radius 1 is 1.00 bits per heavy atom. The van der Waals surface area contributed by atoms with E-state index in [0.717, 1.165) is 28.9 Å². The molecule has 3 heterocycles. The van der Waals surface area contributed by atoms with E-state index in [1.807, 2.05) is 54.8 Å². The molecule has 10 heteroatoms. The summed E-state index contributed by atoms with van der Waals surface area (Å²) in [5.41, 5.74) is 2.72. The molecule has 0 spiro atoms. The first-order chi connectivity index (χ1) is 19.0. The van der Waals surface area contributed by atoms with Crippen LogP contribution in [0.1, 0.15) is 11.3 Å². The standard InChI is InChI=1S/C29H19F2N5O2S/c1-18-17-39-29(33-25-12-11-21(30)14-24(25)31)36(18)32-15-20-16-35(22-8-3-2-4-9-22)34-27(20)23-13-19-7-5-6-10-26(19)38-28(23)37/h2-17H,1H3. The lowest BCUT2D eigenvalue weighted by atomic mass is 10.1. The molecule has 6 rings (SSSR count). The third-order valence-electron chi connectivity index (χ3n) is 5.95. The molecule has 0 saturated carbocycles. The van der Waals surface area contributed by atoms with E-state index in [-0.39, 0.29) is 11.3 Å². The third-order valence-corrected chi connectivity index (χ3v) is 6.88. The lowest BCUT2D eigenvalue weighted by Gasteiger charge is -2.02. The largest absolute Gasteiger partial charge is 0.422 e. The Kier molecular flexibility index (Phi) is 6.29. The topological polar surface area (TPSA) is 77.7 Å². The normalized spacial score (nSPS) is 12.1. The third kappa shape index (κ3) is 4.85. The molecule has 0 amide bonds. The minimum absolute atomic E-state index is 0.00596. The van der Waals surface area contributed by atoms with Gasteiger partial charge in [-0.15, -0.1) is 11.3 Å². The molecule has 192 valence electrons. The molecule has 0 aliphatic carbocycles. The number of benzene rings is 3. The van der Waals surface area contributed by atoms with Crippen molar-refractivity contribution < 1.29 is 13.2 Å². The van der Waals surface area contributed by atoms with Crippen LogP contribution in [0.5, 0.6) is 0 Å². The highest BCUT2D eigenvalue weighted by atomic mass is 32.1. The van der Waals surface area contributed by atoms with Crippen molar-refractivity contribution in [3.8, 4) is 16.9 Å². The van der Waals surface area contributed by atoms with Crippen LogP contribution in [0.4, 0.5) is 14.5 Å². The summed E-state index contributed by atoms with van der Waals surface area (Å²) in [7, 11) is 0. The van der Waals surface area contributed by atoms with E-state index >= 15 is 0 Å². The van der Waals surface area contributed by atoms with Crippen molar-refractivity contribution in [1.29, 1.82) is 0 Å². The van der Waals surface area contributed by atoms with Crippen molar-refractivity contribution in [2.75, 3.05) is 0 Å². The van der Waals surface area contributed by atoms with Crippen LogP contribution in [0.3, 0.4) is 0 Å². The predicted molar refractivity (Wildman–Crippen MR) is 147 cm³/mol. The van der Waals surface area contributed by atoms with Gasteiger partial charge in [0.2, 0.25) is 4.80 Å². The van der Waals surface area contributed by atoms with Gasteiger partial charge in [0.25, 0.3) is 0 Å². The number of hydrogen-bond acceptors (Lipinski definition) is 6. The molecule has 0 fully saturated rings. The van der Waals surface area contributed by atoms with E-state index in [2.05, 4.69) is 10.1 Å². The second-order valence-electron chi connectivity index (χ2n) is 8.62. The molecule has 3 aromatic heterocycles. The van der Waals surface area contributed by atoms with E-state index in [1.165, 1.54) is 17.4 Å². The molecule has 3 aromatic carbocycles. The summed E-state index contributed by atoms with van der Waals surface area (Å²) < 4.78 is 36.4. The summed E-state index contributed by atoms with van der Waals surface area (Å²) in [6, 6.07) is 21.7. The quantitative estimate of drug-likeness (QED) is 0.193. The van der Waals surface area contributed by atoms with Crippen molar-refractivity contribution in [3.05, 3.63) is 129 Å². The maximum atomic E-state index is 14.3. The summed E-state index contributed by atoms with van der Waals surface area (Å²) in [5.74, 6) is -1.45. The summed E-state index contributed by atoms with van der Waals surface area (Å²) in [4.78, 5) is 17.7. The molecule has 6 aromatic rings. The molecule has 0 atom stereocenters. The second-order valence-corrected chi connectivity index (χ2v) is 9.46. The first-order valence-electron chi connectivity index (χ1n) is 11.9. The predicted octanol–water partition coefficient (Wildman–Crippen LogP) is 6.21. The van der Waals surface area contributed by atoms with Crippen LogP contribution in [-0.2, 0) is 0 Å². The lowest BCUT2D eigenvalue weighted by molar-refractivity contribution is 0.563. The number of hydrogen-bond donors (Lipinski definition) is 0. The first-order valence-corrected chi connectivity index (χ1v) is 12.7. The van der Waals surface area contributed by atoms with Crippen molar-refractivity contribution >= 4 is 34.2 Å². The van der Waals surface area contributed by atoms with Gasteiger partial charge >= 0.3 is 5.63 Å². The van der Waals surface area contributed by atoms with Crippen molar-refractivity contribution in [1.82, 2.24) is 14.5 Å². The van der Waals surface area contributed by atoms with Crippen molar-refractivity contribution in [2.45, 2.75) is 6.92 Å². The highest BCUT2D eigenvalue weighted by Crippen LogP contribution is 2.24. The summed E-state index contributed by atoms with van der Waals surface area (Å²) in [5, 5.41) is 11.9. The Morgan fingerprint density at radius 3 is 2.62 bits per heavy atom. The first kappa shape index (κ1) is 24.4. The Balaban J connectivity index is 1.49. The van der Waals surface area contributed by atoms with Gasteiger partial charge in [0.05, 0.1) is 23.2 Å². The van der Waals surface area contributed by atoms with Gasteiger partial charge in [-0.2, -0.15) is 10.2 Å². The van der Waals surface area contributed by atoms with E-state index in [0.29, 0.717) is 21.6 Å². The minimum atomic E-state index is -0.772. The monoisotopic (exact) mass is 539 g/mol. The number of para-hydroxylation sites is 2. The smallest absolute Gasteiger partial charge is 0.345 e. The maximum absolute atomic E-state index is 14.3. The Bertz CT molecular complexity index is 1990. The Labute approximate surface area is 224 Å². The van der Waals surface area contributed by atoms with E-state index in [4.69, 9.17) is 9.52 Å². The fourth-order valence-corrected chi connectivity index (χ4v) is 4.85. The van der Waals surface area contributed by atoms with Gasteiger partial charge in [-0.05, 0) is 43.3 Å². The minimum Gasteiger partial charge on any atom is -0.422 e. The van der Waals surface area contributed by atoms with Crippen LogP contribution >= 0.6 is 11.3 Å². The average Bonchev–Trinajstić information content (AvgIpc) is 3.52. The van der Waals surface area contributed by atoms with Gasteiger partial charge in [0, 0.05) is 28.6 Å². The lowest BCUT2D eigenvalue weighted by Crippen LogP contribution is -2.12. The van der Waals surface area contributed by atoms with E-state index < -0.39 is 17.3 Å². The number of aryl methyl sites for hydroxylation is 1. The molecular formula is C29H19F2N5O2S. The zero-order valence-corrected chi connectivity index (χ0v) is 21.3. The number of fused-ring (bicyclic) bond motifs is 1. The van der Waals surface area contributed by atoms with Crippen LogP contribution in [0.2, 0.25) is 0 Å². The highest BCUT2D eigenvalue weighted by molar-refractivity contribution is 7.07. The zero-order valence-electron chi connectivity index (χ0n) is 20.5. The van der Waals surface area contributed by atoms with E-state index in [1.54, 1.807) is 40.0 Å². The van der Waals surface area contributed by atoms with Crippen LogP contribution in [0, 0.1) is 18.6 Å². The second kappa shape index (κ2) is 10.1. The van der Waals surface area contributed by atoms with Crippen molar-refractivity contribution in [2.24, 2.45) is 10.1 Å². The molecule has 0 aliphatic rings. The highest BCUT2D eigenvalue weighted by Gasteiger charge is 2.17. The summed E-state index contributed by atoms with van der Waals surface area (Å²) in [6.07, 6.45) is 3.33. The van der Waals surface area contributed by atoms with Gasteiger partial charge in [0.15, 0.2) is 5.82 Å². The van der Waals surface area contributed by atoms with Crippen LogP contribution in [0.25, 0.3) is 27.9 Å². The fourth-order valence-electron chi connectivity index (χ4n) is 4.03. The molecule has 0 bridgehead atoms. The van der Waals surface area contributed by atoms with Gasteiger partial charge in [0.1, 0.15) is 22.8 Å². The number of halogens is 2. The molecule has 7 nitrogen and oxygen atoms in total. The molecular weight excluding hydrogens is 520 g/mol. The van der Waals surface area contributed by atoms with Crippen molar-refractivity contribution in [3.63, 3.8) is 0 Å². The number of nitrogens with zero attached hydrogens (tertiary/aromatic N) is 5.